The molecule has 0 saturated heterocycles. The van der Waals surface area contributed by atoms with Crippen LogP contribution in [0.3, 0.4) is 0 Å². The molecule has 57 heavy (non-hydrogen) atoms. The van der Waals surface area contributed by atoms with E-state index in [0.29, 0.717) is 0 Å². The normalized spacial score (nSPS) is 13.9. The summed E-state index contributed by atoms with van der Waals surface area (Å²) in [7, 11) is 0. The van der Waals surface area contributed by atoms with Crippen molar-refractivity contribution in [3.8, 4) is 34.4 Å². The molecule has 0 saturated carbocycles. The van der Waals surface area contributed by atoms with Gasteiger partial charge in [0.1, 0.15) is 30.9 Å². The number of rotatable bonds is 4. The maximum absolute atomic E-state index is 16.0. The highest BCUT2D eigenvalue weighted by Crippen LogP contribution is 2.49. The van der Waals surface area contributed by atoms with Crippen LogP contribution in [0.25, 0.3) is 43.1 Å². The van der Waals surface area contributed by atoms with Crippen LogP contribution in [0.1, 0.15) is 18.1 Å². The number of thioether (sulfide) groups is 2. The molecular weight excluding hydrogens is 852 g/mol. The van der Waals surface area contributed by atoms with E-state index in [9.17, 15) is 36.9 Å². The largest absolute Gasteiger partial charge is 0.523 e. The van der Waals surface area contributed by atoms with Crippen molar-refractivity contribution < 1.29 is 74.6 Å². The molecule has 0 amide bonds. The van der Waals surface area contributed by atoms with Crippen molar-refractivity contribution in [3.63, 3.8) is 0 Å². The highest BCUT2D eigenvalue weighted by Gasteiger charge is 2.47. The molecule has 2 aliphatic carbocycles. The Kier molecular flexibility index (Phi) is 10.7. The molecule has 0 bridgehead atoms. The van der Waals surface area contributed by atoms with E-state index in [0.717, 1.165) is 19.1 Å². The molecule has 0 spiro atoms. The van der Waals surface area contributed by atoms with Crippen LogP contribution in [0.5, 0.6) is 0 Å². The predicted octanol–water partition coefficient (Wildman–Crippen LogP) is 10.7. The lowest BCUT2D eigenvalue weighted by molar-refractivity contribution is -0.0695. The average Bonchev–Trinajstić information content (AvgIpc) is 3.67. The zero-order valence-corrected chi connectivity index (χ0v) is 28.6. The second kappa shape index (κ2) is 14.4. The molecule has 294 valence electrons. The van der Waals surface area contributed by atoms with Crippen LogP contribution >= 0.6 is 23.5 Å². The summed E-state index contributed by atoms with van der Waals surface area (Å²) in [6.45, 7) is 15.5. The Morgan fingerprint density at radius 3 is 1.25 bits per heavy atom. The first kappa shape index (κ1) is 42.5. The number of allylic oxidation sites excluding steroid dienone is 3. The molecular formula is C34H7F17N4S2. The molecule has 5 rings (SSSR count). The van der Waals surface area contributed by atoms with E-state index in [2.05, 4.69) is 9.69 Å². The summed E-state index contributed by atoms with van der Waals surface area (Å²) in [6.07, 6.45) is -8.83. The Balaban J connectivity index is 2.25. The van der Waals surface area contributed by atoms with Gasteiger partial charge in [-0.25, -0.2) is 35.1 Å². The van der Waals surface area contributed by atoms with Gasteiger partial charge in [0.05, 0.1) is 32.1 Å². The molecule has 0 fully saturated rings. The zero-order valence-electron chi connectivity index (χ0n) is 26.9. The van der Waals surface area contributed by atoms with E-state index in [-0.39, 0.29) is 0 Å². The minimum atomic E-state index is -5.97. The first-order chi connectivity index (χ1) is 26.3. The number of nitrogens with zero attached hydrogens (tertiary/aromatic N) is 4. The number of alkyl halides is 9. The Morgan fingerprint density at radius 2 is 0.912 bits per heavy atom. The predicted molar refractivity (Wildman–Crippen MR) is 164 cm³/mol. The van der Waals surface area contributed by atoms with Gasteiger partial charge in [0.15, 0.2) is 46.5 Å². The zero-order chi connectivity index (χ0) is 43.0. The quantitative estimate of drug-likeness (QED) is 0.0862. The van der Waals surface area contributed by atoms with Gasteiger partial charge in [0, 0.05) is 12.0 Å². The Morgan fingerprint density at radius 1 is 0.561 bits per heavy atom. The molecule has 0 heterocycles. The Hall–Kier alpha value is -5.65. The van der Waals surface area contributed by atoms with E-state index in [1.54, 1.807) is 0 Å². The summed E-state index contributed by atoms with van der Waals surface area (Å²) in [5.41, 5.74) is -27.9. The van der Waals surface area contributed by atoms with Gasteiger partial charge in [-0.15, -0.1) is 0 Å². The monoisotopic (exact) mass is 858 g/mol. The van der Waals surface area contributed by atoms with Crippen LogP contribution in [0.2, 0.25) is 0 Å². The van der Waals surface area contributed by atoms with E-state index < -0.39 is 187 Å². The summed E-state index contributed by atoms with van der Waals surface area (Å²) in [5, 5.41) is 16.2. The number of nitriles is 2. The van der Waals surface area contributed by atoms with E-state index in [4.69, 9.17) is 13.1 Å². The van der Waals surface area contributed by atoms with Crippen molar-refractivity contribution in [3.05, 3.63) is 113 Å². The second-order valence-corrected chi connectivity index (χ2v) is 13.6. The highest BCUT2D eigenvalue weighted by atomic mass is 32.2. The molecule has 0 atom stereocenters. The van der Waals surface area contributed by atoms with E-state index in [1.165, 1.54) is 0 Å². The minimum absolute atomic E-state index is 0.655. The first-order valence-electron chi connectivity index (χ1n) is 14.5. The van der Waals surface area contributed by atoms with Crippen LogP contribution in [0, 0.1) is 82.3 Å². The lowest BCUT2D eigenvalue weighted by Gasteiger charge is -2.20. The van der Waals surface area contributed by atoms with E-state index in [1.807, 2.05) is 0 Å². The molecule has 3 aromatic rings. The number of hydrogen-bond acceptors (Lipinski definition) is 4. The molecule has 0 aliphatic heterocycles. The molecule has 4 nitrogen and oxygen atoms in total. The number of benzene rings is 3. The summed E-state index contributed by atoms with van der Waals surface area (Å²) in [6, 6.07) is 2.11. The average molecular weight is 859 g/mol. The molecule has 0 unspecified atom stereocenters. The van der Waals surface area contributed by atoms with Gasteiger partial charge < -0.3 is 0 Å². The van der Waals surface area contributed by atoms with Gasteiger partial charge in [0.2, 0.25) is 0 Å². The topological polar surface area (TPSA) is 56.3 Å². The van der Waals surface area contributed by atoms with Crippen LogP contribution < -0.4 is 10.4 Å². The second-order valence-electron chi connectivity index (χ2n) is 11.4. The molecule has 3 aromatic carbocycles. The van der Waals surface area contributed by atoms with Gasteiger partial charge >= 0.3 is 23.0 Å². The van der Waals surface area contributed by atoms with Crippen molar-refractivity contribution in [2.24, 2.45) is 0 Å². The van der Waals surface area contributed by atoms with Gasteiger partial charge in [-0.3, -0.25) is 0 Å². The third-order valence-electron chi connectivity index (χ3n) is 8.47. The van der Waals surface area contributed by atoms with E-state index >= 15 is 48.3 Å². The summed E-state index contributed by atoms with van der Waals surface area (Å²) >= 11 is -3.42. The molecule has 0 aromatic heterocycles. The molecule has 0 N–H and O–H groups in total. The lowest BCUT2D eigenvalue weighted by Crippen LogP contribution is -2.29. The third kappa shape index (κ3) is 6.93. The number of fused-ring (bicyclic) bond motifs is 2. The maximum Gasteiger partial charge on any atom is 0.523 e. The van der Waals surface area contributed by atoms with Crippen LogP contribution in [-0.2, 0) is 12.8 Å². The fourth-order valence-corrected chi connectivity index (χ4v) is 7.67. The molecule has 0 radical (unpaired) electrons. The number of halogens is 17. The fraction of sp³-hybridized carbons (Fsp3) is 0.176. The smallest absolute Gasteiger partial charge is 0.203 e. The SMILES string of the molecule is [C-]#[N+]C([N+]#[C-])=C1Cc2c(-c3c(F)c(F)c(SC(F)(F)F)c(F)c3F)c3c(c(-c4c(F)c(F)c(SC(F)(F)F)c(F)c4F)c2=C1C)CC(=C(C#N)C#N)C=3C(F)(F)F. The summed E-state index contributed by atoms with van der Waals surface area (Å²) in [4.78, 5) is 1.01. The fourth-order valence-electron chi connectivity index (χ4n) is 6.49. The number of hydrogen-bond donors (Lipinski definition) is 0. The van der Waals surface area contributed by atoms with Crippen LogP contribution in [0.4, 0.5) is 74.6 Å². The van der Waals surface area contributed by atoms with Gasteiger partial charge in [-0.1, -0.05) is 0 Å². The third-order valence-corrected chi connectivity index (χ3v) is 10.1. The summed E-state index contributed by atoms with van der Waals surface area (Å²) < 4.78 is 250. The van der Waals surface area contributed by atoms with Gasteiger partial charge in [-0.05, 0) is 75.1 Å². The lowest BCUT2D eigenvalue weighted by atomic mass is 9.85. The molecule has 23 heteroatoms. The first-order valence-corrected chi connectivity index (χ1v) is 16.2. The van der Waals surface area contributed by atoms with Crippen molar-refractivity contribution in [2.45, 2.75) is 46.7 Å². The Bertz CT molecular complexity index is 2640. The van der Waals surface area contributed by atoms with Crippen molar-refractivity contribution in [1.82, 2.24) is 0 Å². The highest BCUT2D eigenvalue weighted by molar-refractivity contribution is 8.00. The minimum Gasteiger partial charge on any atom is -0.203 e. The summed E-state index contributed by atoms with van der Waals surface area (Å²) in [5.74, 6) is -23.4. The van der Waals surface area contributed by atoms with Crippen molar-refractivity contribution in [1.29, 1.82) is 10.5 Å². The maximum atomic E-state index is 16.0. The standard InChI is InChI=1S/C34H7F17N4S2/c1-8-10(31(54-2)55-3)4-12-14(8)15(18-21(35)25(39)29(26(40)22(18)36)56-33(46,47)48)13-5-11(9(6-52)7-53)20(32(43,44)45)17(13)16(12)19-23(37)27(41)30(28(42)24(19)38)57-34(49,50)51/h4-5H2,1H3. The van der Waals surface area contributed by atoms with Gasteiger partial charge in [-0.2, -0.15) is 59.7 Å². The molecule has 2 aliphatic rings. The van der Waals surface area contributed by atoms with Crippen molar-refractivity contribution >= 4 is 34.7 Å². The Labute approximate surface area is 314 Å². The van der Waals surface area contributed by atoms with Gasteiger partial charge in [0.25, 0.3) is 0 Å². The van der Waals surface area contributed by atoms with Crippen molar-refractivity contribution in [2.75, 3.05) is 0 Å². The van der Waals surface area contributed by atoms with Crippen LogP contribution in [0.15, 0.2) is 32.3 Å². The van der Waals surface area contributed by atoms with Crippen LogP contribution in [-0.4, -0.2) is 17.2 Å².